The highest BCUT2D eigenvalue weighted by atomic mass is 19.2. The van der Waals surface area contributed by atoms with E-state index in [1.807, 2.05) is 6.92 Å². The molecule has 0 saturated carbocycles. The Balaban J connectivity index is 2.89. The number of carboxylic acid groups (broad SMARTS) is 1. The molecule has 0 saturated heterocycles. The van der Waals surface area contributed by atoms with Crippen LogP contribution < -0.4 is 0 Å². The van der Waals surface area contributed by atoms with Gasteiger partial charge in [-0.25, -0.2) is 8.78 Å². The van der Waals surface area contributed by atoms with Crippen LogP contribution in [0, 0.1) is 11.6 Å². The molecule has 1 rings (SSSR count). The maximum Gasteiger partial charge on any atom is 0.317 e. The Bertz CT molecular complexity index is 423. The standard InChI is InChI=1S/C13H17F2NO2/c1-3-6-16(8-13(17)18)9(2)10-4-5-11(14)12(15)7-10/h4-5,7,9H,3,6,8H2,1-2H3,(H,17,18). The average Bonchev–Trinajstić information content (AvgIpc) is 2.31. The monoisotopic (exact) mass is 257 g/mol. The molecule has 1 atom stereocenters. The van der Waals surface area contributed by atoms with Crippen LogP contribution in [0.5, 0.6) is 0 Å². The molecule has 1 aromatic rings. The summed E-state index contributed by atoms with van der Waals surface area (Å²) in [5, 5.41) is 8.83. The Hall–Kier alpha value is -1.49. The molecule has 1 aromatic carbocycles. The van der Waals surface area contributed by atoms with Gasteiger partial charge in [-0.3, -0.25) is 9.69 Å². The van der Waals surface area contributed by atoms with Crippen LogP contribution in [0.2, 0.25) is 0 Å². The first-order chi connectivity index (χ1) is 8.45. The number of nitrogens with zero attached hydrogens (tertiary/aromatic N) is 1. The first kappa shape index (κ1) is 14.6. The van der Waals surface area contributed by atoms with Gasteiger partial charge in [0, 0.05) is 6.04 Å². The first-order valence-corrected chi connectivity index (χ1v) is 5.86. The summed E-state index contributed by atoms with van der Waals surface area (Å²) in [6, 6.07) is 3.39. The molecule has 0 bridgehead atoms. The molecule has 0 aliphatic carbocycles. The highest BCUT2D eigenvalue weighted by Gasteiger charge is 2.18. The van der Waals surface area contributed by atoms with Gasteiger partial charge in [-0.2, -0.15) is 0 Å². The molecule has 18 heavy (non-hydrogen) atoms. The van der Waals surface area contributed by atoms with Crippen molar-refractivity contribution >= 4 is 5.97 Å². The molecule has 0 amide bonds. The normalized spacial score (nSPS) is 12.7. The molecule has 3 nitrogen and oxygen atoms in total. The van der Waals surface area contributed by atoms with Gasteiger partial charge in [0.15, 0.2) is 11.6 Å². The lowest BCUT2D eigenvalue weighted by molar-refractivity contribution is -0.138. The molecular weight excluding hydrogens is 240 g/mol. The van der Waals surface area contributed by atoms with E-state index in [1.54, 1.807) is 11.8 Å². The van der Waals surface area contributed by atoms with E-state index < -0.39 is 17.6 Å². The summed E-state index contributed by atoms with van der Waals surface area (Å²) >= 11 is 0. The van der Waals surface area contributed by atoms with Crippen molar-refractivity contribution in [2.45, 2.75) is 26.3 Å². The van der Waals surface area contributed by atoms with Crippen LogP contribution in [0.1, 0.15) is 31.9 Å². The fourth-order valence-corrected chi connectivity index (χ4v) is 1.85. The molecule has 0 fully saturated rings. The molecule has 1 unspecified atom stereocenters. The summed E-state index contributed by atoms with van der Waals surface area (Å²) in [7, 11) is 0. The van der Waals surface area contributed by atoms with Gasteiger partial charge in [0.05, 0.1) is 6.54 Å². The lowest BCUT2D eigenvalue weighted by Gasteiger charge is -2.27. The van der Waals surface area contributed by atoms with Crippen molar-refractivity contribution in [1.29, 1.82) is 0 Å². The van der Waals surface area contributed by atoms with E-state index in [4.69, 9.17) is 5.11 Å². The summed E-state index contributed by atoms with van der Waals surface area (Å²) in [6.45, 7) is 4.19. The zero-order valence-corrected chi connectivity index (χ0v) is 10.5. The van der Waals surface area contributed by atoms with Crippen LogP contribution in [0.3, 0.4) is 0 Å². The third kappa shape index (κ3) is 3.77. The zero-order valence-electron chi connectivity index (χ0n) is 10.5. The Kier molecular flexibility index (Phi) is 5.22. The fourth-order valence-electron chi connectivity index (χ4n) is 1.85. The second-order valence-electron chi connectivity index (χ2n) is 4.21. The van der Waals surface area contributed by atoms with Crippen molar-refractivity contribution in [1.82, 2.24) is 4.90 Å². The highest BCUT2D eigenvalue weighted by Crippen LogP contribution is 2.22. The first-order valence-electron chi connectivity index (χ1n) is 5.86. The third-order valence-corrected chi connectivity index (χ3v) is 2.82. The maximum absolute atomic E-state index is 13.1. The van der Waals surface area contributed by atoms with Crippen molar-refractivity contribution in [2.75, 3.05) is 13.1 Å². The largest absolute Gasteiger partial charge is 0.480 e. The number of aliphatic carboxylic acids is 1. The van der Waals surface area contributed by atoms with E-state index >= 15 is 0 Å². The minimum absolute atomic E-state index is 0.117. The molecule has 0 radical (unpaired) electrons. The second kappa shape index (κ2) is 6.44. The number of carbonyl (C=O) groups is 1. The summed E-state index contributed by atoms with van der Waals surface area (Å²) in [4.78, 5) is 12.5. The number of carboxylic acids is 1. The SMILES string of the molecule is CCCN(CC(=O)O)C(C)c1ccc(F)c(F)c1. The molecule has 5 heteroatoms. The molecule has 0 aromatic heterocycles. The fraction of sp³-hybridized carbons (Fsp3) is 0.462. The van der Waals surface area contributed by atoms with Crippen LogP contribution in [0.25, 0.3) is 0 Å². The van der Waals surface area contributed by atoms with Gasteiger partial charge in [0.2, 0.25) is 0 Å². The predicted octanol–water partition coefficient (Wildman–Crippen LogP) is 2.82. The number of halogens is 2. The zero-order chi connectivity index (χ0) is 13.7. The molecule has 100 valence electrons. The van der Waals surface area contributed by atoms with Crippen LogP contribution in [0.15, 0.2) is 18.2 Å². The van der Waals surface area contributed by atoms with Crippen molar-refractivity contribution in [3.8, 4) is 0 Å². The average molecular weight is 257 g/mol. The molecule has 0 aliphatic heterocycles. The number of hydrogen-bond donors (Lipinski definition) is 1. The molecule has 0 aliphatic rings. The van der Waals surface area contributed by atoms with Gasteiger partial charge in [-0.15, -0.1) is 0 Å². The Morgan fingerprint density at radius 3 is 2.56 bits per heavy atom. The molecule has 1 N–H and O–H groups in total. The quantitative estimate of drug-likeness (QED) is 0.852. The van der Waals surface area contributed by atoms with Gasteiger partial charge in [0.1, 0.15) is 0 Å². The summed E-state index contributed by atoms with van der Waals surface area (Å²) < 4.78 is 26.0. The van der Waals surface area contributed by atoms with E-state index in [2.05, 4.69) is 0 Å². The van der Waals surface area contributed by atoms with E-state index in [0.29, 0.717) is 12.1 Å². The topological polar surface area (TPSA) is 40.5 Å². The van der Waals surface area contributed by atoms with Gasteiger partial charge in [0.25, 0.3) is 0 Å². The predicted molar refractivity (Wildman–Crippen MR) is 64.3 cm³/mol. The van der Waals surface area contributed by atoms with Crippen LogP contribution in [-0.4, -0.2) is 29.1 Å². The van der Waals surface area contributed by atoms with Gasteiger partial charge < -0.3 is 5.11 Å². The number of hydrogen-bond acceptors (Lipinski definition) is 2. The minimum atomic E-state index is -0.933. The van der Waals surface area contributed by atoms with Crippen LogP contribution in [-0.2, 0) is 4.79 Å². The van der Waals surface area contributed by atoms with Crippen molar-refractivity contribution in [3.63, 3.8) is 0 Å². The van der Waals surface area contributed by atoms with Crippen molar-refractivity contribution < 1.29 is 18.7 Å². The van der Waals surface area contributed by atoms with Crippen molar-refractivity contribution in [3.05, 3.63) is 35.4 Å². The summed E-state index contributed by atoms with van der Waals surface area (Å²) in [5.74, 6) is -2.74. The number of rotatable bonds is 6. The lowest BCUT2D eigenvalue weighted by atomic mass is 10.1. The van der Waals surface area contributed by atoms with E-state index in [-0.39, 0.29) is 12.6 Å². The van der Waals surface area contributed by atoms with Gasteiger partial charge in [-0.1, -0.05) is 13.0 Å². The summed E-state index contributed by atoms with van der Waals surface area (Å²) in [5.41, 5.74) is 0.573. The van der Waals surface area contributed by atoms with Gasteiger partial charge in [-0.05, 0) is 37.6 Å². The van der Waals surface area contributed by atoms with Crippen LogP contribution in [0.4, 0.5) is 8.78 Å². The molecule has 0 heterocycles. The minimum Gasteiger partial charge on any atom is -0.480 e. The highest BCUT2D eigenvalue weighted by molar-refractivity contribution is 5.69. The Morgan fingerprint density at radius 2 is 2.06 bits per heavy atom. The lowest BCUT2D eigenvalue weighted by Crippen LogP contribution is -2.33. The second-order valence-corrected chi connectivity index (χ2v) is 4.21. The Labute approximate surface area is 105 Å². The maximum atomic E-state index is 13.1. The Morgan fingerprint density at radius 1 is 1.39 bits per heavy atom. The van der Waals surface area contributed by atoms with Crippen molar-refractivity contribution in [2.24, 2.45) is 0 Å². The molecular formula is C13H17F2NO2. The third-order valence-electron chi connectivity index (χ3n) is 2.82. The number of benzene rings is 1. The van der Waals surface area contributed by atoms with Gasteiger partial charge >= 0.3 is 5.97 Å². The van der Waals surface area contributed by atoms with Crippen LogP contribution >= 0.6 is 0 Å². The van der Waals surface area contributed by atoms with E-state index in [1.165, 1.54) is 6.07 Å². The smallest absolute Gasteiger partial charge is 0.317 e. The van der Waals surface area contributed by atoms with E-state index in [0.717, 1.165) is 18.6 Å². The summed E-state index contributed by atoms with van der Waals surface area (Å²) in [6.07, 6.45) is 0.793. The molecule has 0 spiro atoms. The van der Waals surface area contributed by atoms with E-state index in [9.17, 15) is 13.6 Å².